The van der Waals surface area contributed by atoms with Gasteiger partial charge in [-0.25, -0.2) is 0 Å². The molecule has 1 aromatic carbocycles. The third-order valence-corrected chi connectivity index (χ3v) is 7.43. The zero-order chi connectivity index (χ0) is 25.9. The van der Waals surface area contributed by atoms with E-state index in [0.29, 0.717) is 12.4 Å². The van der Waals surface area contributed by atoms with Gasteiger partial charge in [0, 0.05) is 4.57 Å². The van der Waals surface area contributed by atoms with Crippen LogP contribution in [0, 0.1) is 6.92 Å². The average Bonchev–Trinajstić information content (AvgIpc) is 2.81. The Balaban J connectivity index is 1.98. The number of benzene rings is 1. The van der Waals surface area contributed by atoms with Crippen molar-refractivity contribution in [1.29, 1.82) is 0 Å². The molecule has 0 aromatic heterocycles. The summed E-state index contributed by atoms with van der Waals surface area (Å²) < 4.78 is 22.9. The zero-order valence-corrected chi connectivity index (χ0v) is 24.4. The summed E-state index contributed by atoms with van der Waals surface area (Å²) in [6.07, 6.45) is 21.3. The number of aromatic hydroxyl groups is 1. The molecule has 4 nitrogen and oxygen atoms in total. The van der Waals surface area contributed by atoms with Crippen molar-refractivity contribution in [2.75, 3.05) is 6.61 Å². The van der Waals surface area contributed by atoms with Gasteiger partial charge in [0.2, 0.25) is 0 Å². The normalized spacial score (nSPS) is 12.3. The lowest BCUT2D eigenvalue weighted by atomic mass is 9.84. The highest BCUT2D eigenvalue weighted by molar-refractivity contribution is 7.33. The van der Waals surface area contributed by atoms with Crippen molar-refractivity contribution >= 4 is 8.25 Å². The fourth-order valence-electron chi connectivity index (χ4n) is 4.46. The predicted octanol–water partition coefficient (Wildman–Crippen LogP) is 10.5. The van der Waals surface area contributed by atoms with Crippen molar-refractivity contribution < 1.29 is 18.7 Å². The van der Waals surface area contributed by atoms with Crippen LogP contribution in [0.3, 0.4) is 0 Å². The van der Waals surface area contributed by atoms with Crippen LogP contribution in [0.2, 0.25) is 0 Å². The highest BCUT2D eigenvalue weighted by Crippen LogP contribution is 2.35. The van der Waals surface area contributed by atoms with Crippen LogP contribution in [-0.4, -0.2) is 11.7 Å². The van der Waals surface area contributed by atoms with Crippen LogP contribution >= 0.6 is 8.25 Å². The second kappa shape index (κ2) is 19.2. The molecule has 5 heteroatoms. The number of phenols is 1. The highest BCUT2D eigenvalue weighted by atomic mass is 31.1. The number of hydrogen-bond acceptors (Lipinski definition) is 4. The van der Waals surface area contributed by atoms with E-state index in [4.69, 9.17) is 9.05 Å². The van der Waals surface area contributed by atoms with Crippen LogP contribution < -0.4 is 0 Å². The fraction of sp³-hybridized carbons (Fsp3) is 0.800. The van der Waals surface area contributed by atoms with Gasteiger partial charge >= 0.3 is 8.25 Å². The minimum Gasteiger partial charge on any atom is -0.507 e. The molecule has 1 unspecified atom stereocenters. The summed E-state index contributed by atoms with van der Waals surface area (Å²) in [5.74, 6) is 0.324. The number of phenolic OH excluding ortho intramolecular Hbond substituents is 1. The monoisotopic (exact) mass is 509 g/mol. The Morgan fingerprint density at radius 3 is 1.66 bits per heavy atom. The first-order chi connectivity index (χ1) is 16.8. The molecule has 0 heterocycles. The standard InChI is InChI=1S/C30H53O4P/c1-6-7-8-9-10-11-12-13-14-15-16-17-18-19-20-21-22-33-35(32)34-25-27-23-26(2)29(31)28(24-27)30(3,4)5/h23-24H,6-22,25H2,1-5H3/p+1. The van der Waals surface area contributed by atoms with Crippen LogP contribution in [-0.2, 0) is 25.6 Å². The number of unbranched alkanes of at least 4 members (excludes halogenated alkanes) is 15. The van der Waals surface area contributed by atoms with Gasteiger partial charge in [-0.3, -0.25) is 0 Å². The maximum atomic E-state index is 12.1. The third-order valence-electron chi connectivity index (χ3n) is 6.70. The van der Waals surface area contributed by atoms with Crippen LogP contribution in [0.25, 0.3) is 0 Å². The summed E-state index contributed by atoms with van der Waals surface area (Å²) >= 11 is 0. The van der Waals surface area contributed by atoms with Gasteiger partial charge in [-0.2, -0.15) is 0 Å². The van der Waals surface area contributed by atoms with Gasteiger partial charge in [-0.1, -0.05) is 124 Å². The smallest absolute Gasteiger partial charge is 0.507 e. The molecule has 0 aliphatic carbocycles. The van der Waals surface area contributed by atoms with E-state index in [1.165, 1.54) is 89.9 Å². The van der Waals surface area contributed by atoms with Crippen molar-refractivity contribution in [1.82, 2.24) is 0 Å². The molecule has 35 heavy (non-hydrogen) atoms. The zero-order valence-electron chi connectivity index (χ0n) is 23.5. The van der Waals surface area contributed by atoms with Crippen molar-refractivity contribution in [2.24, 2.45) is 0 Å². The maximum absolute atomic E-state index is 12.1. The SMILES string of the molecule is CCCCCCCCCCCCCCCCCCO[P+](=O)OCc1cc(C)c(O)c(C(C)(C)C)c1. The summed E-state index contributed by atoms with van der Waals surface area (Å²) in [7, 11) is -2.12. The topological polar surface area (TPSA) is 55.8 Å². The fourth-order valence-corrected chi connectivity index (χ4v) is 5.07. The summed E-state index contributed by atoms with van der Waals surface area (Å²) in [6.45, 7) is 11.0. The largest absolute Gasteiger partial charge is 0.697 e. The van der Waals surface area contributed by atoms with Gasteiger partial charge in [-0.05, 0) is 47.6 Å². The Kier molecular flexibility index (Phi) is 17.6. The second-order valence-electron chi connectivity index (χ2n) is 11.2. The molecule has 202 valence electrons. The van der Waals surface area contributed by atoms with E-state index < -0.39 is 8.25 Å². The van der Waals surface area contributed by atoms with E-state index in [0.717, 1.165) is 29.5 Å². The van der Waals surface area contributed by atoms with Crippen molar-refractivity contribution in [3.63, 3.8) is 0 Å². The average molecular weight is 510 g/mol. The van der Waals surface area contributed by atoms with Crippen molar-refractivity contribution in [2.45, 2.75) is 149 Å². The number of hydrogen-bond donors (Lipinski definition) is 1. The molecule has 0 saturated heterocycles. The predicted molar refractivity (Wildman–Crippen MR) is 149 cm³/mol. The van der Waals surface area contributed by atoms with Gasteiger partial charge < -0.3 is 5.11 Å². The number of aryl methyl sites for hydroxylation is 1. The Morgan fingerprint density at radius 1 is 0.743 bits per heavy atom. The maximum Gasteiger partial charge on any atom is 0.697 e. The lowest BCUT2D eigenvalue weighted by molar-refractivity contribution is 0.215. The van der Waals surface area contributed by atoms with E-state index >= 15 is 0 Å². The molecule has 0 fully saturated rings. The molecule has 1 aromatic rings. The first-order valence-electron chi connectivity index (χ1n) is 14.3. The summed E-state index contributed by atoms with van der Waals surface area (Å²) in [6, 6.07) is 3.81. The van der Waals surface area contributed by atoms with Gasteiger partial charge in [0.15, 0.2) is 0 Å². The molecule has 0 aliphatic rings. The summed E-state index contributed by atoms with van der Waals surface area (Å²) in [4.78, 5) is 0. The molecule has 0 aliphatic heterocycles. The molecular weight excluding hydrogens is 455 g/mol. The van der Waals surface area contributed by atoms with Crippen LogP contribution in [0.5, 0.6) is 5.75 Å². The molecule has 1 atom stereocenters. The van der Waals surface area contributed by atoms with Crippen molar-refractivity contribution in [3.05, 3.63) is 28.8 Å². The first kappa shape index (κ1) is 32.1. The minimum absolute atomic E-state index is 0.170. The van der Waals surface area contributed by atoms with Crippen molar-refractivity contribution in [3.8, 4) is 5.75 Å². The van der Waals surface area contributed by atoms with Crippen LogP contribution in [0.1, 0.15) is 147 Å². The summed E-state index contributed by atoms with van der Waals surface area (Å²) in [5, 5.41) is 10.3. The van der Waals surface area contributed by atoms with Crippen LogP contribution in [0.15, 0.2) is 12.1 Å². The molecule has 0 spiro atoms. The van der Waals surface area contributed by atoms with Gasteiger partial charge in [-0.15, -0.1) is 9.05 Å². The molecule has 0 saturated carbocycles. The second-order valence-corrected chi connectivity index (χ2v) is 12.2. The summed E-state index contributed by atoms with van der Waals surface area (Å²) in [5.41, 5.74) is 2.41. The lowest BCUT2D eigenvalue weighted by Gasteiger charge is -2.22. The quantitative estimate of drug-likeness (QED) is 0.132. The molecule has 0 radical (unpaired) electrons. The molecular formula is C30H54O4P+. The van der Waals surface area contributed by atoms with Crippen LogP contribution in [0.4, 0.5) is 0 Å². The number of rotatable bonds is 21. The molecule has 1 rings (SSSR count). The Bertz CT molecular complexity index is 696. The van der Waals surface area contributed by atoms with E-state index in [-0.39, 0.29) is 12.0 Å². The van der Waals surface area contributed by atoms with E-state index in [9.17, 15) is 9.67 Å². The molecule has 0 bridgehead atoms. The Labute approximate surface area is 217 Å². The third kappa shape index (κ3) is 15.7. The van der Waals surface area contributed by atoms with Gasteiger partial charge in [0.1, 0.15) is 19.0 Å². The van der Waals surface area contributed by atoms with Gasteiger partial charge in [0.25, 0.3) is 0 Å². The molecule has 1 N–H and O–H groups in total. The highest BCUT2D eigenvalue weighted by Gasteiger charge is 2.23. The first-order valence-corrected chi connectivity index (χ1v) is 15.4. The Morgan fingerprint density at radius 2 is 1.20 bits per heavy atom. The van der Waals surface area contributed by atoms with Gasteiger partial charge in [0.05, 0.1) is 0 Å². The van der Waals surface area contributed by atoms with E-state index in [1.54, 1.807) is 0 Å². The lowest BCUT2D eigenvalue weighted by Crippen LogP contribution is -2.12. The minimum atomic E-state index is -2.12. The van der Waals surface area contributed by atoms with E-state index in [1.807, 2.05) is 19.1 Å². The molecule has 0 amide bonds. The van der Waals surface area contributed by atoms with E-state index in [2.05, 4.69) is 27.7 Å². The Hall–Kier alpha value is -0.960.